The Morgan fingerprint density at radius 1 is 1.50 bits per heavy atom. The van der Waals surface area contributed by atoms with Crippen LogP contribution in [0.5, 0.6) is 0 Å². The van der Waals surface area contributed by atoms with Crippen molar-refractivity contribution in [2.24, 2.45) is 0 Å². The van der Waals surface area contributed by atoms with E-state index in [2.05, 4.69) is 15.3 Å². The van der Waals surface area contributed by atoms with Gasteiger partial charge in [0.2, 0.25) is 0 Å². The molecule has 0 aliphatic carbocycles. The van der Waals surface area contributed by atoms with Crippen molar-refractivity contribution >= 4 is 17.7 Å². The number of hydrogen-bond donors (Lipinski definition) is 3. The van der Waals surface area contributed by atoms with Gasteiger partial charge in [-0.2, -0.15) is 0 Å². The predicted molar refractivity (Wildman–Crippen MR) is 46.4 cm³/mol. The zero-order chi connectivity index (χ0) is 10.6. The number of carbonyl (C=O) groups is 2. The number of carboxylic acid groups (broad SMARTS) is 1. The fourth-order valence-electron chi connectivity index (χ4n) is 0.737. The third-order valence-corrected chi connectivity index (χ3v) is 1.29. The molecule has 0 radical (unpaired) electrons. The van der Waals surface area contributed by atoms with Crippen molar-refractivity contribution < 1.29 is 14.7 Å². The molecular formula is C7H8N4O3. The third-order valence-electron chi connectivity index (χ3n) is 1.29. The smallest absolute Gasteiger partial charge is 0.322 e. The molecule has 0 aromatic carbocycles. The topological polar surface area (TPSA) is 118 Å². The van der Waals surface area contributed by atoms with Crippen LogP contribution in [-0.2, 0) is 4.79 Å². The highest BCUT2D eigenvalue weighted by atomic mass is 16.4. The summed E-state index contributed by atoms with van der Waals surface area (Å²) in [6.07, 6.45) is 2.49. The number of amides is 1. The van der Waals surface area contributed by atoms with Crippen LogP contribution in [0.3, 0.4) is 0 Å². The molecule has 1 heterocycles. The van der Waals surface area contributed by atoms with Gasteiger partial charge < -0.3 is 16.2 Å². The molecule has 0 spiro atoms. The number of nitrogen functional groups attached to an aromatic ring is 1. The van der Waals surface area contributed by atoms with Gasteiger partial charge in [0, 0.05) is 0 Å². The maximum atomic E-state index is 11.2. The summed E-state index contributed by atoms with van der Waals surface area (Å²) in [7, 11) is 0. The molecule has 1 amide bonds. The fraction of sp³-hybridized carbons (Fsp3) is 0.143. The lowest BCUT2D eigenvalue weighted by atomic mass is 10.4. The summed E-state index contributed by atoms with van der Waals surface area (Å²) in [5, 5.41) is 10.4. The van der Waals surface area contributed by atoms with E-state index < -0.39 is 18.4 Å². The molecule has 0 aliphatic rings. The minimum atomic E-state index is -1.13. The van der Waals surface area contributed by atoms with E-state index in [0.717, 1.165) is 0 Å². The molecule has 0 fully saturated rings. The molecule has 0 saturated carbocycles. The first-order valence-electron chi connectivity index (χ1n) is 3.67. The Labute approximate surface area is 79.0 Å². The average molecular weight is 196 g/mol. The SMILES string of the molecule is Nc1cncc(C(=O)NCC(=O)O)n1. The molecule has 1 aromatic rings. The minimum Gasteiger partial charge on any atom is -0.480 e. The van der Waals surface area contributed by atoms with Crippen molar-refractivity contribution in [2.75, 3.05) is 12.3 Å². The van der Waals surface area contributed by atoms with Crippen molar-refractivity contribution in [3.63, 3.8) is 0 Å². The van der Waals surface area contributed by atoms with Gasteiger partial charge in [-0.25, -0.2) is 4.98 Å². The molecule has 0 saturated heterocycles. The summed E-state index contributed by atoms with van der Waals surface area (Å²) < 4.78 is 0. The van der Waals surface area contributed by atoms with Crippen LogP contribution in [0.4, 0.5) is 5.82 Å². The zero-order valence-corrected chi connectivity index (χ0v) is 7.10. The zero-order valence-electron chi connectivity index (χ0n) is 7.10. The lowest BCUT2D eigenvalue weighted by Crippen LogP contribution is -2.30. The average Bonchev–Trinajstić information content (AvgIpc) is 2.14. The molecule has 1 rings (SSSR count). The molecule has 1 aromatic heterocycles. The maximum Gasteiger partial charge on any atom is 0.322 e. The van der Waals surface area contributed by atoms with E-state index in [1.54, 1.807) is 0 Å². The minimum absolute atomic E-state index is 0.00810. The number of nitrogens with one attached hydrogen (secondary N) is 1. The number of aromatic nitrogens is 2. The molecule has 14 heavy (non-hydrogen) atoms. The Kier molecular flexibility index (Phi) is 2.95. The molecule has 0 atom stereocenters. The molecule has 4 N–H and O–H groups in total. The normalized spacial score (nSPS) is 9.43. The van der Waals surface area contributed by atoms with Crippen molar-refractivity contribution in [2.45, 2.75) is 0 Å². The number of nitrogens with two attached hydrogens (primary N) is 1. The second-order valence-corrected chi connectivity index (χ2v) is 2.41. The van der Waals surface area contributed by atoms with E-state index >= 15 is 0 Å². The molecule has 7 heteroatoms. The van der Waals surface area contributed by atoms with E-state index in [9.17, 15) is 9.59 Å². The van der Waals surface area contributed by atoms with E-state index in [4.69, 9.17) is 10.8 Å². The second-order valence-electron chi connectivity index (χ2n) is 2.41. The highest BCUT2D eigenvalue weighted by Gasteiger charge is 2.08. The van der Waals surface area contributed by atoms with Gasteiger partial charge in [-0.3, -0.25) is 14.6 Å². The van der Waals surface area contributed by atoms with E-state index in [0.29, 0.717) is 0 Å². The van der Waals surface area contributed by atoms with Crippen LogP contribution in [-0.4, -0.2) is 33.5 Å². The summed E-state index contributed by atoms with van der Waals surface area (Å²) >= 11 is 0. The number of nitrogens with zero attached hydrogens (tertiary/aromatic N) is 2. The van der Waals surface area contributed by atoms with Crippen molar-refractivity contribution in [1.29, 1.82) is 0 Å². The van der Waals surface area contributed by atoms with Crippen LogP contribution in [0.2, 0.25) is 0 Å². The van der Waals surface area contributed by atoms with Gasteiger partial charge in [-0.15, -0.1) is 0 Å². The number of rotatable bonds is 3. The first kappa shape index (κ1) is 9.90. The molecular weight excluding hydrogens is 188 g/mol. The summed E-state index contributed by atoms with van der Waals surface area (Å²) in [6, 6.07) is 0. The monoisotopic (exact) mass is 196 g/mol. The number of anilines is 1. The maximum absolute atomic E-state index is 11.2. The summed E-state index contributed by atoms with van der Waals surface area (Å²) in [5.74, 6) is -1.64. The largest absolute Gasteiger partial charge is 0.480 e. The van der Waals surface area contributed by atoms with Crippen LogP contribution >= 0.6 is 0 Å². The first-order chi connectivity index (χ1) is 6.59. The van der Waals surface area contributed by atoms with Gasteiger partial charge >= 0.3 is 5.97 Å². The number of carbonyl (C=O) groups excluding carboxylic acids is 1. The van der Waals surface area contributed by atoms with Crippen LogP contribution < -0.4 is 11.1 Å². The molecule has 74 valence electrons. The van der Waals surface area contributed by atoms with Gasteiger partial charge in [-0.1, -0.05) is 0 Å². The Bertz CT molecular complexity index is 366. The fourth-order valence-corrected chi connectivity index (χ4v) is 0.737. The van der Waals surface area contributed by atoms with Gasteiger partial charge in [-0.05, 0) is 0 Å². The molecule has 0 aliphatic heterocycles. The lowest BCUT2D eigenvalue weighted by molar-refractivity contribution is -0.135. The van der Waals surface area contributed by atoms with Crippen LogP contribution in [0, 0.1) is 0 Å². The third kappa shape index (κ3) is 2.70. The Morgan fingerprint density at radius 2 is 2.21 bits per heavy atom. The van der Waals surface area contributed by atoms with Gasteiger partial charge in [0.05, 0.1) is 12.4 Å². The van der Waals surface area contributed by atoms with Crippen LogP contribution in [0.25, 0.3) is 0 Å². The summed E-state index contributed by atoms with van der Waals surface area (Å²) in [4.78, 5) is 28.6. The van der Waals surface area contributed by atoms with Crippen LogP contribution in [0.15, 0.2) is 12.4 Å². The van der Waals surface area contributed by atoms with Gasteiger partial charge in [0.25, 0.3) is 5.91 Å². The standard InChI is InChI=1S/C7H8N4O3/c8-5-2-9-1-4(11-5)7(14)10-3-6(12)13/h1-2H,3H2,(H2,8,11)(H,10,14)(H,12,13). The Morgan fingerprint density at radius 3 is 2.79 bits per heavy atom. The number of carboxylic acids is 1. The van der Waals surface area contributed by atoms with E-state index in [1.807, 2.05) is 0 Å². The highest BCUT2D eigenvalue weighted by molar-refractivity contribution is 5.93. The Balaban J connectivity index is 2.65. The van der Waals surface area contributed by atoms with Gasteiger partial charge in [0.15, 0.2) is 0 Å². The highest BCUT2D eigenvalue weighted by Crippen LogP contribution is 1.96. The van der Waals surface area contributed by atoms with Gasteiger partial charge in [0.1, 0.15) is 18.1 Å². The summed E-state index contributed by atoms with van der Waals surface area (Å²) in [6.45, 7) is -0.463. The molecule has 7 nitrogen and oxygen atoms in total. The van der Waals surface area contributed by atoms with E-state index in [1.165, 1.54) is 12.4 Å². The number of hydrogen-bond acceptors (Lipinski definition) is 5. The molecule has 0 unspecified atom stereocenters. The van der Waals surface area contributed by atoms with Crippen molar-refractivity contribution in [3.05, 3.63) is 18.1 Å². The second kappa shape index (κ2) is 4.17. The van der Waals surface area contributed by atoms with Crippen molar-refractivity contribution in [3.8, 4) is 0 Å². The quantitative estimate of drug-likeness (QED) is 0.563. The predicted octanol–water partition coefficient (Wildman–Crippen LogP) is -1.13. The van der Waals surface area contributed by atoms with E-state index in [-0.39, 0.29) is 11.5 Å². The number of aliphatic carboxylic acids is 1. The lowest BCUT2D eigenvalue weighted by Gasteiger charge is -2.00. The molecule has 0 bridgehead atoms. The first-order valence-corrected chi connectivity index (χ1v) is 3.67. The van der Waals surface area contributed by atoms with Crippen LogP contribution in [0.1, 0.15) is 10.5 Å². The van der Waals surface area contributed by atoms with Crippen molar-refractivity contribution in [1.82, 2.24) is 15.3 Å². The summed E-state index contributed by atoms with van der Waals surface area (Å²) in [5.41, 5.74) is 5.27. The Hall–Kier alpha value is -2.18.